The van der Waals surface area contributed by atoms with Crippen molar-refractivity contribution in [3.8, 4) is 0 Å². The lowest BCUT2D eigenvalue weighted by Gasteiger charge is -2.10. The van der Waals surface area contributed by atoms with Crippen LogP contribution in [0.1, 0.15) is 20.8 Å². The highest BCUT2D eigenvalue weighted by atomic mass is 35.5. The molecule has 126 valence electrons. The predicted molar refractivity (Wildman–Crippen MR) is 93.2 cm³/mol. The van der Waals surface area contributed by atoms with E-state index in [1.165, 1.54) is 11.6 Å². The second-order valence-corrected chi connectivity index (χ2v) is 6.59. The van der Waals surface area contributed by atoms with Gasteiger partial charge in [-0.3, -0.25) is 13.9 Å². The van der Waals surface area contributed by atoms with Crippen LogP contribution in [-0.2, 0) is 20.6 Å². The van der Waals surface area contributed by atoms with Crippen molar-refractivity contribution in [2.24, 2.45) is 20.0 Å². The molecular formula is C15H22ClN5O2. The van der Waals surface area contributed by atoms with E-state index >= 15 is 0 Å². The van der Waals surface area contributed by atoms with Gasteiger partial charge in [0, 0.05) is 32.2 Å². The lowest BCUT2D eigenvalue weighted by Crippen LogP contribution is -2.37. The molecule has 0 bridgehead atoms. The molecule has 0 amide bonds. The first kappa shape index (κ1) is 17.3. The number of aromatic nitrogens is 4. The molecule has 2 heterocycles. The molecule has 2 aromatic heterocycles. The zero-order chi connectivity index (χ0) is 17.3. The molecule has 1 N–H and O–H groups in total. The van der Waals surface area contributed by atoms with Crippen LogP contribution in [0.15, 0.2) is 20.7 Å². The minimum absolute atomic E-state index is 0.366. The molecule has 0 spiro atoms. The van der Waals surface area contributed by atoms with E-state index in [1.807, 2.05) is 0 Å². The second-order valence-electron chi connectivity index (χ2n) is 5.99. The van der Waals surface area contributed by atoms with Gasteiger partial charge >= 0.3 is 5.69 Å². The van der Waals surface area contributed by atoms with Crippen LogP contribution in [0.3, 0.4) is 0 Å². The molecule has 0 atom stereocenters. The van der Waals surface area contributed by atoms with Crippen molar-refractivity contribution in [2.75, 3.05) is 11.9 Å². The Balaban J connectivity index is 2.74. The molecule has 2 rings (SSSR count). The van der Waals surface area contributed by atoms with E-state index in [2.05, 4.69) is 24.1 Å². The van der Waals surface area contributed by atoms with E-state index in [0.717, 1.165) is 4.57 Å². The number of rotatable bonds is 5. The number of hydrogen-bond acceptors (Lipinski definition) is 4. The van der Waals surface area contributed by atoms with E-state index in [-0.39, 0.29) is 5.56 Å². The summed E-state index contributed by atoms with van der Waals surface area (Å²) in [6, 6.07) is 0. The zero-order valence-corrected chi connectivity index (χ0v) is 14.8. The third kappa shape index (κ3) is 3.34. The van der Waals surface area contributed by atoms with E-state index in [1.54, 1.807) is 24.6 Å². The molecule has 0 unspecified atom stereocenters. The monoisotopic (exact) mass is 339 g/mol. The Kier molecular flexibility index (Phi) is 4.99. The van der Waals surface area contributed by atoms with Gasteiger partial charge in [-0.2, -0.15) is 4.98 Å². The van der Waals surface area contributed by atoms with Crippen molar-refractivity contribution in [2.45, 2.75) is 27.3 Å². The topological polar surface area (TPSA) is 73.8 Å². The fraction of sp³-hybridized carbons (Fsp3) is 0.533. The summed E-state index contributed by atoms with van der Waals surface area (Å²) in [7, 11) is 3.07. The highest BCUT2D eigenvalue weighted by molar-refractivity contribution is 6.29. The molecule has 23 heavy (non-hydrogen) atoms. The molecule has 0 aliphatic heterocycles. The first-order chi connectivity index (χ1) is 10.7. The van der Waals surface area contributed by atoms with Crippen LogP contribution in [-0.4, -0.2) is 25.2 Å². The summed E-state index contributed by atoms with van der Waals surface area (Å²) < 4.78 is 4.22. The molecule has 0 saturated carbocycles. The van der Waals surface area contributed by atoms with Crippen LogP contribution in [0.4, 0.5) is 5.95 Å². The van der Waals surface area contributed by atoms with Gasteiger partial charge in [0.25, 0.3) is 5.56 Å². The maximum Gasteiger partial charge on any atom is 0.332 e. The van der Waals surface area contributed by atoms with Gasteiger partial charge in [-0.15, -0.1) is 0 Å². The van der Waals surface area contributed by atoms with Gasteiger partial charge in [0.15, 0.2) is 11.2 Å². The molecule has 7 nitrogen and oxygen atoms in total. The molecule has 8 heteroatoms. The quantitative estimate of drug-likeness (QED) is 0.898. The minimum Gasteiger partial charge on any atom is -0.355 e. The fourth-order valence-electron chi connectivity index (χ4n) is 2.27. The van der Waals surface area contributed by atoms with Gasteiger partial charge in [0.1, 0.15) is 0 Å². The summed E-state index contributed by atoms with van der Waals surface area (Å²) in [4.78, 5) is 29.1. The van der Waals surface area contributed by atoms with Gasteiger partial charge < -0.3 is 9.88 Å². The summed E-state index contributed by atoms with van der Waals surface area (Å²) >= 11 is 5.92. The van der Waals surface area contributed by atoms with Crippen molar-refractivity contribution < 1.29 is 0 Å². The van der Waals surface area contributed by atoms with E-state index in [0.29, 0.717) is 41.2 Å². The zero-order valence-electron chi connectivity index (χ0n) is 14.1. The van der Waals surface area contributed by atoms with Crippen LogP contribution < -0.4 is 16.6 Å². The van der Waals surface area contributed by atoms with Gasteiger partial charge in [-0.25, -0.2) is 4.79 Å². The lowest BCUT2D eigenvalue weighted by atomic mass is 10.2. The summed E-state index contributed by atoms with van der Waals surface area (Å²) in [5.41, 5.74) is -0.0135. The standard InChI is InChI=1S/C15H22ClN5O2/c1-9(2)8-17-14-18-12-11(21(14)7-6-10(3)16)13(22)20(5)15(23)19(12)4/h6,9H,7-8H2,1-5H3,(H,17,18)/b10-6+. The summed E-state index contributed by atoms with van der Waals surface area (Å²) in [5.74, 6) is 0.974. The number of nitrogens with zero attached hydrogens (tertiary/aromatic N) is 4. The number of fused-ring (bicyclic) bond motifs is 1. The van der Waals surface area contributed by atoms with E-state index in [4.69, 9.17) is 11.6 Å². The largest absolute Gasteiger partial charge is 0.355 e. The van der Waals surface area contributed by atoms with E-state index in [9.17, 15) is 9.59 Å². The molecular weight excluding hydrogens is 318 g/mol. The number of aryl methyl sites for hydroxylation is 1. The van der Waals surface area contributed by atoms with Crippen molar-refractivity contribution >= 4 is 28.7 Å². The Hall–Kier alpha value is -2.02. The van der Waals surface area contributed by atoms with Crippen LogP contribution in [0.5, 0.6) is 0 Å². The minimum atomic E-state index is -0.397. The Labute approximate surface area is 139 Å². The van der Waals surface area contributed by atoms with Gasteiger partial charge in [-0.05, 0) is 12.8 Å². The molecule has 0 aromatic carbocycles. The second kappa shape index (κ2) is 6.62. The first-order valence-corrected chi connectivity index (χ1v) is 7.84. The summed E-state index contributed by atoms with van der Waals surface area (Å²) in [6.45, 7) is 7.05. The van der Waals surface area contributed by atoms with E-state index < -0.39 is 5.69 Å². The SMILES string of the molecule is C/C(Cl)=C\Cn1c(NCC(C)C)nc2c1c(=O)n(C)c(=O)n2C. The van der Waals surface area contributed by atoms with Gasteiger partial charge in [0.2, 0.25) is 5.95 Å². The first-order valence-electron chi connectivity index (χ1n) is 7.46. The van der Waals surface area contributed by atoms with Crippen molar-refractivity contribution in [1.82, 2.24) is 18.7 Å². The number of nitrogens with one attached hydrogen (secondary N) is 1. The Morgan fingerprint density at radius 1 is 1.30 bits per heavy atom. The third-order valence-corrected chi connectivity index (χ3v) is 3.73. The third-order valence-electron chi connectivity index (χ3n) is 3.57. The number of halogens is 1. The average Bonchev–Trinajstić information content (AvgIpc) is 2.85. The predicted octanol–water partition coefficient (Wildman–Crippen LogP) is 1.64. The highest BCUT2D eigenvalue weighted by Gasteiger charge is 2.18. The van der Waals surface area contributed by atoms with Gasteiger partial charge in [0.05, 0.1) is 0 Å². The normalized spacial score (nSPS) is 12.4. The molecule has 0 aliphatic carbocycles. The fourth-order valence-corrected chi connectivity index (χ4v) is 2.34. The maximum atomic E-state index is 12.5. The molecule has 2 aromatic rings. The Bertz CT molecular complexity index is 869. The number of hydrogen-bond donors (Lipinski definition) is 1. The number of imidazole rings is 1. The maximum absolute atomic E-state index is 12.5. The molecule has 0 radical (unpaired) electrons. The molecule has 0 aliphatic rings. The van der Waals surface area contributed by atoms with Crippen molar-refractivity contribution in [1.29, 1.82) is 0 Å². The molecule has 0 fully saturated rings. The number of allylic oxidation sites excluding steroid dienone is 2. The Morgan fingerprint density at radius 2 is 1.96 bits per heavy atom. The Morgan fingerprint density at radius 3 is 2.52 bits per heavy atom. The van der Waals surface area contributed by atoms with Crippen LogP contribution >= 0.6 is 11.6 Å². The number of anilines is 1. The van der Waals surface area contributed by atoms with Crippen LogP contribution in [0, 0.1) is 5.92 Å². The smallest absolute Gasteiger partial charge is 0.332 e. The summed E-state index contributed by atoms with van der Waals surface area (Å²) in [5, 5.41) is 3.86. The van der Waals surface area contributed by atoms with Crippen LogP contribution in [0.2, 0.25) is 0 Å². The summed E-state index contributed by atoms with van der Waals surface area (Å²) in [6.07, 6.45) is 1.80. The van der Waals surface area contributed by atoms with Gasteiger partial charge in [-0.1, -0.05) is 31.5 Å². The van der Waals surface area contributed by atoms with Crippen molar-refractivity contribution in [3.05, 3.63) is 31.9 Å². The molecule has 0 saturated heterocycles. The van der Waals surface area contributed by atoms with Crippen LogP contribution in [0.25, 0.3) is 11.2 Å². The lowest BCUT2D eigenvalue weighted by molar-refractivity contribution is 0.678. The van der Waals surface area contributed by atoms with Crippen molar-refractivity contribution in [3.63, 3.8) is 0 Å². The average molecular weight is 340 g/mol. The highest BCUT2D eigenvalue weighted by Crippen LogP contribution is 2.17.